The number of methoxy groups -OCH3 is 1. The van der Waals surface area contributed by atoms with Gasteiger partial charge in [0, 0.05) is 6.42 Å². The Morgan fingerprint density at radius 2 is 1.68 bits per heavy atom. The van der Waals surface area contributed by atoms with E-state index in [-0.39, 0.29) is 36.7 Å². The third kappa shape index (κ3) is 14.1. The van der Waals surface area contributed by atoms with E-state index in [2.05, 4.69) is 12.2 Å². The van der Waals surface area contributed by atoms with Gasteiger partial charge >= 0.3 is 5.97 Å². The summed E-state index contributed by atoms with van der Waals surface area (Å²) >= 11 is 0. The number of hydrogen-bond donors (Lipinski definition) is 1. The van der Waals surface area contributed by atoms with Crippen molar-refractivity contribution in [2.75, 3.05) is 34.8 Å². The second kappa shape index (κ2) is 12.7. The molecular formula is C16H33ClN2O3. The van der Waals surface area contributed by atoms with Gasteiger partial charge in [-0.1, -0.05) is 32.6 Å². The minimum absolute atomic E-state index is 0. The number of hydrogen-bond acceptors (Lipinski definition) is 3. The Labute approximate surface area is 141 Å². The molecule has 1 unspecified atom stereocenters. The van der Waals surface area contributed by atoms with Gasteiger partial charge in [0.15, 0.2) is 0 Å². The largest absolute Gasteiger partial charge is 1.00 e. The minimum atomic E-state index is -0.281. The van der Waals surface area contributed by atoms with E-state index < -0.39 is 0 Å². The third-order valence-corrected chi connectivity index (χ3v) is 3.28. The van der Waals surface area contributed by atoms with E-state index in [9.17, 15) is 9.59 Å². The predicted molar refractivity (Wildman–Crippen MR) is 84.8 cm³/mol. The quantitative estimate of drug-likeness (QED) is 0.302. The number of nitrogens with one attached hydrogen (secondary N) is 1. The molecule has 0 aromatic heterocycles. The van der Waals surface area contributed by atoms with E-state index in [1.807, 2.05) is 21.1 Å². The first-order valence-electron chi connectivity index (χ1n) is 7.95. The van der Waals surface area contributed by atoms with Crippen molar-refractivity contribution in [3.8, 4) is 0 Å². The first kappa shape index (κ1) is 23.5. The van der Waals surface area contributed by atoms with Crippen LogP contribution in [0.3, 0.4) is 0 Å². The lowest BCUT2D eigenvalue weighted by molar-refractivity contribution is -0.871. The van der Waals surface area contributed by atoms with Crippen LogP contribution >= 0.6 is 0 Å². The van der Waals surface area contributed by atoms with Crippen molar-refractivity contribution in [3.63, 3.8) is 0 Å². The molecule has 0 radical (unpaired) electrons. The van der Waals surface area contributed by atoms with E-state index in [1.54, 1.807) is 0 Å². The standard InChI is InChI=1S/C16H32N2O3.ClH/c1-6-7-8-9-10-11-15(19)17-14(12-16(20)21-5)13-18(2,3)4;/h14H,6-13H2,1-5H3;1H. The number of halogens is 1. The van der Waals surface area contributed by atoms with Gasteiger partial charge in [0.05, 0.1) is 47.3 Å². The normalized spacial score (nSPS) is 12.2. The molecule has 132 valence electrons. The number of amides is 1. The maximum atomic E-state index is 12.0. The average Bonchev–Trinajstić information content (AvgIpc) is 2.36. The van der Waals surface area contributed by atoms with E-state index in [0.29, 0.717) is 17.4 Å². The summed E-state index contributed by atoms with van der Waals surface area (Å²) in [4.78, 5) is 23.4. The molecule has 0 aromatic carbocycles. The Hall–Kier alpha value is -0.810. The molecule has 0 bridgehead atoms. The van der Waals surface area contributed by atoms with E-state index in [4.69, 9.17) is 4.74 Å². The zero-order valence-electron chi connectivity index (χ0n) is 14.8. The highest BCUT2D eigenvalue weighted by molar-refractivity contribution is 5.77. The Balaban J connectivity index is 0. The lowest BCUT2D eigenvalue weighted by Crippen LogP contribution is -3.00. The first-order chi connectivity index (χ1) is 9.78. The Morgan fingerprint density at radius 3 is 2.18 bits per heavy atom. The maximum Gasteiger partial charge on any atom is 0.307 e. The minimum Gasteiger partial charge on any atom is -1.00 e. The van der Waals surface area contributed by atoms with Gasteiger partial charge < -0.3 is 26.9 Å². The molecular weight excluding hydrogens is 304 g/mol. The summed E-state index contributed by atoms with van der Waals surface area (Å²) in [6, 6.07) is -0.166. The number of rotatable bonds is 11. The van der Waals surface area contributed by atoms with Gasteiger partial charge in [-0.3, -0.25) is 9.59 Å². The highest BCUT2D eigenvalue weighted by atomic mass is 35.5. The molecule has 0 aliphatic rings. The fraction of sp³-hybridized carbons (Fsp3) is 0.875. The van der Waals surface area contributed by atoms with Crippen LogP contribution in [0.15, 0.2) is 0 Å². The molecule has 6 heteroatoms. The molecule has 0 saturated carbocycles. The number of carbonyl (C=O) groups is 2. The SMILES string of the molecule is CCCCCCCC(=O)NC(CC(=O)OC)C[N+](C)(C)C.[Cl-]. The molecule has 0 aromatic rings. The monoisotopic (exact) mass is 336 g/mol. The fourth-order valence-corrected chi connectivity index (χ4v) is 2.30. The van der Waals surface area contributed by atoms with E-state index in [1.165, 1.54) is 26.4 Å². The van der Waals surface area contributed by atoms with Crippen LogP contribution in [0.1, 0.15) is 51.9 Å². The fourth-order valence-electron chi connectivity index (χ4n) is 2.30. The van der Waals surface area contributed by atoms with Crippen molar-refractivity contribution in [1.29, 1.82) is 0 Å². The van der Waals surface area contributed by atoms with Gasteiger partial charge in [-0.25, -0.2) is 0 Å². The molecule has 0 heterocycles. The number of ether oxygens (including phenoxy) is 1. The first-order valence-corrected chi connectivity index (χ1v) is 7.95. The summed E-state index contributed by atoms with van der Waals surface area (Å²) in [5, 5.41) is 2.97. The van der Waals surface area contributed by atoms with Crippen molar-refractivity contribution in [1.82, 2.24) is 5.32 Å². The second-order valence-corrected chi connectivity index (χ2v) is 6.68. The number of nitrogens with zero attached hydrogens (tertiary/aromatic N) is 1. The Morgan fingerprint density at radius 1 is 1.09 bits per heavy atom. The molecule has 0 aliphatic carbocycles. The van der Waals surface area contributed by atoms with Crippen molar-refractivity contribution in [3.05, 3.63) is 0 Å². The van der Waals surface area contributed by atoms with Crippen LogP contribution < -0.4 is 17.7 Å². The van der Waals surface area contributed by atoms with Crippen molar-refractivity contribution in [2.45, 2.75) is 57.9 Å². The molecule has 0 aliphatic heterocycles. The Bertz CT molecular complexity index is 317. The second-order valence-electron chi connectivity index (χ2n) is 6.68. The summed E-state index contributed by atoms with van der Waals surface area (Å²) in [5.41, 5.74) is 0. The molecule has 1 atom stereocenters. The van der Waals surface area contributed by atoms with Crippen LogP contribution in [0.4, 0.5) is 0 Å². The molecule has 0 saturated heterocycles. The summed E-state index contributed by atoms with van der Waals surface area (Å²) in [6.07, 6.45) is 6.41. The summed E-state index contributed by atoms with van der Waals surface area (Å²) in [7, 11) is 7.50. The van der Waals surface area contributed by atoms with Gasteiger partial charge in [-0.15, -0.1) is 0 Å². The van der Waals surface area contributed by atoms with Crippen LogP contribution in [-0.2, 0) is 14.3 Å². The number of likely N-dealkylation sites (N-methyl/N-ethyl adjacent to an activating group) is 1. The molecule has 0 fully saturated rings. The van der Waals surface area contributed by atoms with Crippen molar-refractivity contribution < 1.29 is 31.2 Å². The smallest absolute Gasteiger partial charge is 0.307 e. The number of esters is 1. The average molecular weight is 337 g/mol. The third-order valence-electron chi connectivity index (χ3n) is 3.28. The van der Waals surface area contributed by atoms with Gasteiger partial charge in [0.2, 0.25) is 5.91 Å². The number of carbonyl (C=O) groups excluding carboxylic acids is 2. The summed E-state index contributed by atoms with van der Waals surface area (Å²) < 4.78 is 5.40. The molecule has 1 N–H and O–H groups in total. The predicted octanol–water partition coefficient (Wildman–Crippen LogP) is -0.895. The van der Waals surface area contributed by atoms with Crippen molar-refractivity contribution >= 4 is 11.9 Å². The molecule has 0 spiro atoms. The van der Waals surface area contributed by atoms with Crippen LogP contribution in [0, 0.1) is 0 Å². The Kier molecular flexibility index (Phi) is 13.5. The lowest BCUT2D eigenvalue weighted by atomic mass is 10.1. The lowest BCUT2D eigenvalue weighted by Gasteiger charge is -2.29. The molecule has 0 rings (SSSR count). The van der Waals surface area contributed by atoms with Crippen LogP contribution in [0.2, 0.25) is 0 Å². The zero-order chi connectivity index (χ0) is 16.3. The number of quaternary nitrogens is 1. The maximum absolute atomic E-state index is 12.0. The van der Waals surface area contributed by atoms with Crippen LogP contribution in [-0.4, -0.2) is 57.2 Å². The van der Waals surface area contributed by atoms with E-state index in [0.717, 1.165) is 12.8 Å². The van der Waals surface area contributed by atoms with Gasteiger partial charge in [0.1, 0.15) is 0 Å². The van der Waals surface area contributed by atoms with Crippen LogP contribution in [0.5, 0.6) is 0 Å². The topological polar surface area (TPSA) is 55.4 Å². The van der Waals surface area contributed by atoms with Gasteiger partial charge in [0.25, 0.3) is 0 Å². The van der Waals surface area contributed by atoms with E-state index >= 15 is 0 Å². The van der Waals surface area contributed by atoms with Crippen molar-refractivity contribution in [2.24, 2.45) is 0 Å². The summed E-state index contributed by atoms with van der Waals surface area (Å²) in [5.74, 6) is -0.245. The zero-order valence-corrected chi connectivity index (χ0v) is 15.5. The molecule has 22 heavy (non-hydrogen) atoms. The van der Waals surface area contributed by atoms with Gasteiger partial charge in [-0.2, -0.15) is 0 Å². The highest BCUT2D eigenvalue weighted by Crippen LogP contribution is 2.06. The van der Waals surface area contributed by atoms with Crippen LogP contribution in [0.25, 0.3) is 0 Å². The highest BCUT2D eigenvalue weighted by Gasteiger charge is 2.23. The molecule has 1 amide bonds. The molecule has 5 nitrogen and oxygen atoms in total. The number of unbranched alkanes of at least 4 members (excludes halogenated alkanes) is 4. The van der Waals surface area contributed by atoms with Gasteiger partial charge in [-0.05, 0) is 6.42 Å². The summed E-state index contributed by atoms with van der Waals surface area (Å²) in [6.45, 7) is 2.88.